The summed E-state index contributed by atoms with van der Waals surface area (Å²) in [6, 6.07) is 0. The summed E-state index contributed by atoms with van der Waals surface area (Å²) in [6.07, 6.45) is 3.45. The van der Waals surface area contributed by atoms with E-state index in [1.807, 2.05) is 6.92 Å². The molecule has 2 unspecified atom stereocenters. The quantitative estimate of drug-likeness (QED) is 0.833. The molecular formula is C12H20N4OS2. The fraction of sp³-hybridized carbons (Fsp3) is 0.750. The normalized spacial score (nSPS) is 26.7. The van der Waals surface area contributed by atoms with Crippen molar-refractivity contribution < 1.29 is 4.79 Å². The summed E-state index contributed by atoms with van der Waals surface area (Å²) < 4.78 is 5.29. The second-order valence-corrected chi connectivity index (χ2v) is 7.09. The molecule has 2 atom stereocenters. The zero-order valence-corrected chi connectivity index (χ0v) is 12.9. The van der Waals surface area contributed by atoms with Crippen LogP contribution in [0, 0.1) is 0 Å². The maximum absolute atomic E-state index is 11.7. The van der Waals surface area contributed by atoms with E-state index in [4.69, 9.17) is 5.73 Å². The predicted molar refractivity (Wildman–Crippen MR) is 78.4 cm³/mol. The van der Waals surface area contributed by atoms with E-state index in [2.05, 4.69) is 21.6 Å². The molecule has 1 aromatic heterocycles. The number of thioether (sulfide) groups is 1. The van der Waals surface area contributed by atoms with E-state index in [1.165, 1.54) is 11.5 Å². The average molecular weight is 300 g/mol. The fourth-order valence-corrected chi connectivity index (χ4v) is 4.72. The molecule has 0 aliphatic heterocycles. The van der Waals surface area contributed by atoms with Gasteiger partial charge >= 0.3 is 0 Å². The maximum atomic E-state index is 11.7. The Morgan fingerprint density at radius 1 is 1.63 bits per heavy atom. The lowest BCUT2D eigenvalue weighted by Gasteiger charge is -2.26. The van der Waals surface area contributed by atoms with Crippen LogP contribution in [0.3, 0.4) is 0 Å². The Balaban J connectivity index is 1.99. The number of hydrogen-bond acceptors (Lipinski definition) is 6. The molecule has 1 aliphatic carbocycles. The van der Waals surface area contributed by atoms with E-state index < -0.39 is 5.54 Å². The first-order valence-electron chi connectivity index (χ1n) is 6.64. The molecule has 0 saturated heterocycles. The van der Waals surface area contributed by atoms with Gasteiger partial charge in [0, 0.05) is 11.7 Å². The van der Waals surface area contributed by atoms with E-state index in [-0.39, 0.29) is 5.91 Å². The first-order chi connectivity index (χ1) is 9.09. The van der Waals surface area contributed by atoms with Crippen molar-refractivity contribution in [3.05, 3.63) is 5.82 Å². The zero-order valence-electron chi connectivity index (χ0n) is 11.3. The predicted octanol–water partition coefficient (Wildman–Crippen LogP) is 1.58. The number of hydrogen-bond donors (Lipinski definition) is 2. The number of primary amides is 1. The number of carbonyl (C=O) groups is 1. The Kier molecular flexibility index (Phi) is 4.81. The summed E-state index contributed by atoms with van der Waals surface area (Å²) in [5.74, 6) is 0.669. The molecule has 106 valence electrons. The molecule has 1 heterocycles. The van der Waals surface area contributed by atoms with Crippen LogP contribution in [-0.2, 0) is 11.2 Å². The van der Waals surface area contributed by atoms with Crippen LogP contribution in [0.15, 0.2) is 4.34 Å². The number of likely N-dealkylation sites (N-methyl/N-ethyl adjacent to an activating group) is 1. The number of aromatic nitrogens is 2. The Hall–Kier alpha value is -0.660. The van der Waals surface area contributed by atoms with Gasteiger partial charge < -0.3 is 11.1 Å². The van der Waals surface area contributed by atoms with Crippen molar-refractivity contribution in [3.63, 3.8) is 0 Å². The van der Waals surface area contributed by atoms with Gasteiger partial charge in [0.1, 0.15) is 5.82 Å². The highest BCUT2D eigenvalue weighted by molar-refractivity contribution is 8.01. The Morgan fingerprint density at radius 3 is 3.00 bits per heavy atom. The molecule has 0 aromatic carbocycles. The van der Waals surface area contributed by atoms with E-state index in [1.54, 1.807) is 11.8 Å². The number of carbonyl (C=O) groups excluding carboxylic acids is 1. The molecule has 7 heteroatoms. The minimum atomic E-state index is -0.523. The third kappa shape index (κ3) is 3.27. The van der Waals surface area contributed by atoms with Gasteiger partial charge in [0.05, 0.1) is 5.54 Å². The zero-order chi connectivity index (χ0) is 13.9. The second kappa shape index (κ2) is 6.19. The van der Waals surface area contributed by atoms with Gasteiger partial charge in [-0.3, -0.25) is 4.79 Å². The smallest absolute Gasteiger partial charge is 0.237 e. The SMILES string of the molecule is CCNC1(C(N)=O)CCC(Sc2nc(CC)ns2)C1. The Labute approximate surface area is 121 Å². The van der Waals surface area contributed by atoms with E-state index in [0.29, 0.717) is 5.25 Å². The van der Waals surface area contributed by atoms with Crippen molar-refractivity contribution in [2.24, 2.45) is 5.73 Å². The molecule has 3 N–H and O–H groups in total. The van der Waals surface area contributed by atoms with Gasteiger partial charge in [-0.15, -0.1) is 0 Å². The monoisotopic (exact) mass is 300 g/mol. The molecule has 1 aliphatic rings. The third-order valence-corrected chi connectivity index (χ3v) is 5.58. The van der Waals surface area contributed by atoms with Crippen LogP contribution in [0.1, 0.15) is 38.9 Å². The molecule has 1 aromatic rings. The number of aryl methyl sites for hydroxylation is 1. The summed E-state index contributed by atoms with van der Waals surface area (Å²) in [5, 5.41) is 3.66. The standard InChI is InChI=1S/C12H20N4OS2/c1-3-9-15-11(19-16-9)18-8-5-6-12(7-8,10(13)17)14-4-2/h8,14H,3-7H2,1-2H3,(H2,13,17). The fourth-order valence-electron chi connectivity index (χ4n) is 2.48. The third-order valence-electron chi connectivity index (χ3n) is 3.49. The largest absolute Gasteiger partial charge is 0.368 e. The molecule has 0 spiro atoms. The number of rotatable bonds is 6. The molecule has 5 nitrogen and oxygen atoms in total. The van der Waals surface area contributed by atoms with Crippen molar-refractivity contribution in [2.45, 2.75) is 54.7 Å². The minimum absolute atomic E-state index is 0.232. The van der Waals surface area contributed by atoms with Crippen molar-refractivity contribution in [3.8, 4) is 0 Å². The lowest BCUT2D eigenvalue weighted by Crippen LogP contribution is -2.53. The van der Waals surface area contributed by atoms with Crippen molar-refractivity contribution in [1.29, 1.82) is 0 Å². The molecule has 1 saturated carbocycles. The highest BCUT2D eigenvalue weighted by Crippen LogP contribution is 2.40. The number of nitrogens with one attached hydrogen (secondary N) is 1. The topological polar surface area (TPSA) is 80.9 Å². The van der Waals surface area contributed by atoms with Crippen molar-refractivity contribution in [2.75, 3.05) is 6.54 Å². The molecule has 1 fully saturated rings. The van der Waals surface area contributed by atoms with Crippen LogP contribution >= 0.6 is 23.3 Å². The lowest BCUT2D eigenvalue weighted by atomic mass is 9.97. The molecule has 0 bridgehead atoms. The van der Waals surface area contributed by atoms with Gasteiger partial charge in [-0.25, -0.2) is 4.98 Å². The highest BCUT2D eigenvalue weighted by atomic mass is 32.2. The first kappa shape index (κ1) is 14.7. The van der Waals surface area contributed by atoms with E-state index in [0.717, 1.165) is 42.4 Å². The van der Waals surface area contributed by atoms with Crippen LogP contribution in [0.2, 0.25) is 0 Å². The number of nitrogens with zero attached hydrogens (tertiary/aromatic N) is 2. The average Bonchev–Trinajstić information content (AvgIpc) is 2.98. The van der Waals surface area contributed by atoms with Crippen molar-refractivity contribution >= 4 is 29.2 Å². The Morgan fingerprint density at radius 2 is 2.42 bits per heavy atom. The molecular weight excluding hydrogens is 280 g/mol. The first-order valence-corrected chi connectivity index (χ1v) is 8.29. The van der Waals surface area contributed by atoms with Crippen LogP contribution < -0.4 is 11.1 Å². The van der Waals surface area contributed by atoms with E-state index >= 15 is 0 Å². The number of amides is 1. The van der Waals surface area contributed by atoms with Gasteiger partial charge in [0.25, 0.3) is 0 Å². The summed E-state index contributed by atoms with van der Waals surface area (Å²) in [5.41, 5.74) is 5.04. The van der Waals surface area contributed by atoms with Crippen molar-refractivity contribution in [1.82, 2.24) is 14.7 Å². The van der Waals surface area contributed by atoms with Crippen LogP contribution in [0.25, 0.3) is 0 Å². The molecule has 1 amide bonds. The summed E-state index contributed by atoms with van der Waals surface area (Å²) in [6.45, 7) is 4.82. The Bertz CT molecular complexity index is 451. The van der Waals surface area contributed by atoms with Gasteiger partial charge in [-0.2, -0.15) is 4.37 Å². The van der Waals surface area contributed by atoms with Crippen LogP contribution in [0.5, 0.6) is 0 Å². The minimum Gasteiger partial charge on any atom is -0.368 e. The van der Waals surface area contributed by atoms with Gasteiger partial charge in [-0.05, 0) is 37.3 Å². The summed E-state index contributed by atoms with van der Waals surface area (Å²) in [7, 11) is 0. The van der Waals surface area contributed by atoms with Crippen LogP contribution in [-0.4, -0.2) is 32.6 Å². The van der Waals surface area contributed by atoms with Gasteiger partial charge in [0.2, 0.25) is 5.91 Å². The molecule has 19 heavy (non-hydrogen) atoms. The number of nitrogens with two attached hydrogens (primary N) is 1. The summed E-state index contributed by atoms with van der Waals surface area (Å²) in [4.78, 5) is 16.2. The molecule has 2 rings (SSSR count). The highest BCUT2D eigenvalue weighted by Gasteiger charge is 2.43. The van der Waals surface area contributed by atoms with E-state index in [9.17, 15) is 4.79 Å². The molecule has 0 radical (unpaired) electrons. The second-order valence-electron chi connectivity index (χ2n) is 4.79. The lowest BCUT2D eigenvalue weighted by molar-refractivity contribution is -0.124. The summed E-state index contributed by atoms with van der Waals surface area (Å²) >= 11 is 3.18. The van der Waals surface area contributed by atoms with Gasteiger partial charge in [0.15, 0.2) is 4.34 Å². The van der Waals surface area contributed by atoms with Gasteiger partial charge in [-0.1, -0.05) is 25.6 Å². The maximum Gasteiger partial charge on any atom is 0.237 e. The van der Waals surface area contributed by atoms with Crippen LogP contribution in [0.4, 0.5) is 0 Å².